The highest BCUT2D eigenvalue weighted by atomic mass is 16.4. The lowest BCUT2D eigenvalue weighted by molar-refractivity contribution is 0.619. The highest BCUT2D eigenvalue weighted by Crippen LogP contribution is 2.46. The molecule has 0 atom stereocenters. The van der Waals surface area contributed by atoms with Crippen LogP contribution >= 0.6 is 0 Å². The van der Waals surface area contributed by atoms with Gasteiger partial charge in [0.2, 0.25) is 11.8 Å². The molecule has 10 aromatic rings. The molecule has 6 nitrogen and oxygen atoms in total. The molecule has 7 aromatic carbocycles. The molecule has 51 heavy (non-hydrogen) atoms. The zero-order valence-electron chi connectivity index (χ0n) is 27.2. The lowest BCUT2D eigenvalue weighted by Crippen LogP contribution is -2.10. The number of para-hydroxylation sites is 2. The molecule has 0 spiro atoms. The summed E-state index contributed by atoms with van der Waals surface area (Å²) < 4.78 is 15.6. The van der Waals surface area contributed by atoms with Gasteiger partial charge in [0.25, 0.3) is 0 Å². The lowest BCUT2D eigenvalue weighted by atomic mass is 9.96. The third-order valence-electron chi connectivity index (χ3n) is 9.48. The van der Waals surface area contributed by atoms with Crippen LogP contribution in [0.1, 0.15) is 0 Å². The zero-order chi connectivity index (χ0) is 33.9. The van der Waals surface area contributed by atoms with Gasteiger partial charge in [-0.05, 0) is 71.8 Å². The summed E-state index contributed by atoms with van der Waals surface area (Å²) in [6.07, 6.45) is 0. The largest absolute Gasteiger partial charge is 0.435 e. The summed E-state index contributed by atoms with van der Waals surface area (Å²) in [5, 5.41) is 1.35. The molecule has 10 rings (SSSR count). The molecule has 0 radical (unpaired) electrons. The van der Waals surface area contributed by atoms with Crippen LogP contribution in [-0.4, -0.2) is 14.5 Å². The van der Waals surface area contributed by atoms with Gasteiger partial charge < -0.3 is 13.4 Å². The van der Waals surface area contributed by atoms with E-state index in [1.54, 1.807) is 0 Å². The summed E-state index contributed by atoms with van der Waals surface area (Å²) >= 11 is 0. The number of fused-ring (bicyclic) bond motifs is 4. The molecular formula is C45H27N3O3. The normalized spacial score (nSPS) is 11.6. The summed E-state index contributed by atoms with van der Waals surface area (Å²) in [7, 11) is 0. The molecule has 3 aromatic heterocycles. The summed E-state index contributed by atoms with van der Waals surface area (Å²) in [5.74, 6) is 1.03. The van der Waals surface area contributed by atoms with Gasteiger partial charge in [-0.15, -0.1) is 0 Å². The van der Waals surface area contributed by atoms with Crippen LogP contribution in [-0.2, 0) is 0 Å². The van der Waals surface area contributed by atoms with E-state index in [0.717, 1.165) is 50.1 Å². The Balaban J connectivity index is 1.26. The molecule has 0 aliphatic heterocycles. The van der Waals surface area contributed by atoms with Gasteiger partial charge in [-0.2, -0.15) is 0 Å². The molecule has 0 saturated carbocycles. The maximum Gasteiger partial charge on any atom is 0.227 e. The van der Waals surface area contributed by atoms with Crippen LogP contribution in [0, 0.1) is 0 Å². The highest BCUT2D eigenvalue weighted by Gasteiger charge is 2.27. The fraction of sp³-hybridized carbons (Fsp3) is 0. The Bertz CT molecular complexity index is 2810. The van der Waals surface area contributed by atoms with Gasteiger partial charge in [0.05, 0.1) is 22.2 Å². The summed E-state index contributed by atoms with van der Waals surface area (Å²) in [5.41, 5.74) is 10.5. The van der Waals surface area contributed by atoms with Crippen LogP contribution in [0.2, 0.25) is 0 Å². The first-order valence-corrected chi connectivity index (χ1v) is 16.8. The standard InChI is InChI=1S/C45H27N3O3/c49-41-33-20-10-12-22-35(33)48(36-23-13-11-21-34(36)41)32-26-24-29(25-27-32)38-40-42(50-45(47-40)31-18-8-3-9-19-31)37(28-14-4-1-5-15-28)39-43(38)51-44(46-39)30-16-6-2-7-17-30/h1-27H. The van der Waals surface area contributed by atoms with E-state index in [1.165, 1.54) is 0 Å². The van der Waals surface area contributed by atoms with E-state index in [1.807, 2.05) is 127 Å². The maximum atomic E-state index is 13.5. The monoisotopic (exact) mass is 657 g/mol. The van der Waals surface area contributed by atoms with E-state index in [0.29, 0.717) is 44.8 Å². The van der Waals surface area contributed by atoms with Crippen molar-refractivity contribution in [2.45, 2.75) is 0 Å². The van der Waals surface area contributed by atoms with Gasteiger partial charge in [0.15, 0.2) is 16.6 Å². The Labute approximate surface area is 291 Å². The van der Waals surface area contributed by atoms with Crippen molar-refractivity contribution >= 4 is 44.0 Å². The van der Waals surface area contributed by atoms with Crippen LogP contribution in [0.4, 0.5) is 0 Å². The number of oxazole rings is 2. The third-order valence-corrected chi connectivity index (χ3v) is 9.48. The average Bonchev–Trinajstić information content (AvgIpc) is 3.84. The molecule has 0 aliphatic carbocycles. The van der Waals surface area contributed by atoms with Gasteiger partial charge in [-0.1, -0.05) is 103 Å². The summed E-state index contributed by atoms with van der Waals surface area (Å²) in [6.45, 7) is 0. The van der Waals surface area contributed by atoms with Crippen molar-refractivity contribution in [2.24, 2.45) is 0 Å². The van der Waals surface area contributed by atoms with Crippen LogP contribution in [0.25, 0.3) is 94.9 Å². The minimum atomic E-state index is 0.0251. The second-order valence-corrected chi connectivity index (χ2v) is 12.5. The number of nitrogens with zero attached hydrogens (tertiary/aromatic N) is 3. The molecule has 6 heteroatoms. The van der Waals surface area contributed by atoms with Gasteiger partial charge in [-0.25, -0.2) is 9.97 Å². The zero-order valence-corrected chi connectivity index (χ0v) is 27.2. The molecule has 240 valence electrons. The Morgan fingerprint density at radius 2 is 0.804 bits per heavy atom. The van der Waals surface area contributed by atoms with Crippen molar-refractivity contribution in [1.82, 2.24) is 14.5 Å². The maximum absolute atomic E-state index is 13.5. The van der Waals surface area contributed by atoms with Gasteiger partial charge in [-0.3, -0.25) is 4.79 Å². The summed E-state index contributed by atoms with van der Waals surface area (Å²) in [6, 6.07) is 53.8. The third kappa shape index (κ3) is 4.61. The Kier molecular flexibility index (Phi) is 6.54. The van der Waals surface area contributed by atoms with Crippen LogP contribution in [0.5, 0.6) is 0 Å². The molecule has 0 unspecified atom stereocenters. The van der Waals surface area contributed by atoms with Crippen molar-refractivity contribution < 1.29 is 8.83 Å². The second-order valence-electron chi connectivity index (χ2n) is 12.5. The van der Waals surface area contributed by atoms with Crippen LogP contribution in [0.3, 0.4) is 0 Å². The minimum Gasteiger partial charge on any atom is -0.435 e. The molecule has 0 N–H and O–H groups in total. The fourth-order valence-corrected chi connectivity index (χ4v) is 7.13. The predicted octanol–water partition coefficient (Wildman–Crippen LogP) is 11.1. The highest BCUT2D eigenvalue weighted by molar-refractivity contribution is 6.16. The molecule has 0 amide bonds. The van der Waals surface area contributed by atoms with Gasteiger partial charge >= 0.3 is 0 Å². The average molecular weight is 658 g/mol. The smallest absolute Gasteiger partial charge is 0.227 e. The Morgan fingerprint density at radius 1 is 0.412 bits per heavy atom. The Morgan fingerprint density at radius 3 is 1.27 bits per heavy atom. The predicted molar refractivity (Wildman–Crippen MR) is 204 cm³/mol. The molecule has 0 saturated heterocycles. The first-order chi connectivity index (χ1) is 25.2. The number of pyridine rings is 1. The van der Waals surface area contributed by atoms with Crippen LogP contribution < -0.4 is 5.43 Å². The molecule has 3 heterocycles. The van der Waals surface area contributed by atoms with Crippen LogP contribution in [0.15, 0.2) is 177 Å². The number of hydrogen-bond acceptors (Lipinski definition) is 5. The van der Waals surface area contributed by atoms with Crippen molar-refractivity contribution in [3.63, 3.8) is 0 Å². The summed E-state index contributed by atoms with van der Waals surface area (Å²) in [4.78, 5) is 23.7. The molecule has 0 fully saturated rings. The van der Waals surface area contributed by atoms with E-state index in [4.69, 9.17) is 18.8 Å². The Hall–Kier alpha value is -7.05. The number of benzene rings is 7. The number of aromatic nitrogens is 3. The van der Waals surface area contributed by atoms with Crippen molar-refractivity contribution in [3.8, 4) is 50.8 Å². The van der Waals surface area contributed by atoms with E-state index >= 15 is 0 Å². The minimum absolute atomic E-state index is 0.0251. The second kappa shape index (κ2) is 11.5. The van der Waals surface area contributed by atoms with Crippen molar-refractivity contribution in [3.05, 3.63) is 174 Å². The SMILES string of the molecule is O=c1c2ccccc2n(-c2ccc(-c3c4nc(-c5ccccc5)oc4c(-c4ccccc4)c4nc(-c5ccccc5)oc34)cc2)c2ccccc12. The van der Waals surface area contributed by atoms with E-state index in [2.05, 4.69) is 41.0 Å². The quantitative estimate of drug-likeness (QED) is 0.172. The first-order valence-electron chi connectivity index (χ1n) is 16.8. The fourth-order valence-electron chi connectivity index (χ4n) is 7.13. The number of rotatable bonds is 5. The topological polar surface area (TPSA) is 74.1 Å². The van der Waals surface area contributed by atoms with Crippen molar-refractivity contribution in [2.75, 3.05) is 0 Å². The molecule has 0 aliphatic rings. The molecular weight excluding hydrogens is 631 g/mol. The van der Waals surface area contributed by atoms with Crippen molar-refractivity contribution in [1.29, 1.82) is 0 Å². The van der Waals surface area contributed by atoms with E-state index in [-0.39, 0.29) is 5.43 Å². The first kappa shape index (κ1) is 28.9. The van der Waals surface area contributed by atoms with Gasteiger partial charge in [0.1, 0.15) is 11.0 Å². The van der Waals surface area contributed by atoms with Gasteiger partial charge in [0, 0.05) is 27.6 Å². The van der Waals surface area contributed by atoms with E-state index in [9.17, 15) is 4.79 Å². The number of hydrogen-bond donors (Lipinski definition) is 0. The lowest BCUT2D eigenvalue weighted by Gasteiger charge is -2.16. The molecule has 0 bridgehead atoms. The van der Waals surface area contributed by atoms with E-state index < -0.39 is 0 Å².